The molecule has 0 aliphatic heterocycles. The van der Waals surface area contributed by atoms with Crippen LogP contribution in [-0.4, -0.2) is 33.7 Å². The second-order valence-electron chi connectivity index (χ2n) is 6.63. The number of amides is 1. The van der Waals surface area contributed by atoms with Gasteiger partial charge in [0.2, 0.25) is 10.0 Å². The first-order valence-corrected chi connectivity index (χ1v) is 11.1. The number of nitrogens with one attached hydrogen (secondary N) is 1. The molecule has 2 rings (SSSR count). The fraction of sp³-hybridized carbons (Fsp3) is 0.381. The monoisotopic (exact) mass is 404 g/mol. The number of rotatable bonds is 8. The Balaban J connectivity index is 2.09. The van der Waals surface area contributed by atoms with Crippen molar-refractivity contribution in [1.29, 1.82) is 0 Å². The first kappa shape index (κ1) is 21.8. The summed E-state index contributed by atoms with van der Waals surface area (Å²) in [6.45, 7) is 5.80. The summed E-state index contributed by atoms with van der Waals surface area (Å²) >= 11 is 0. The number of aryl methyl sites for hydroxylation is 2. The normalized spacial score (nSPS) is 12.3. The highest BCUT2D eigenvalue weighted by Crippen LogP contribution is 2.24. The molecule has 0 heterocycles. The van der Waals surface area contributed by atoms with Gasteiger partial charge < -0.3 is 10.1 Å². The molecule has 2 aromatic rings. The number of ether oxygens (including phenoxy) is 1. The van der Waals surface area contributed by atoms with Crippen LogP contribution in [0.1, 0.15) is 31.9 Å². The van der Waals surface area contributed by atoms with Gasteiger partial charge in [0.1, 0.15) is 5.75 Å². The summed E-state index contributed by atoms with van der Waals surface area (Å²) in [5.41, 5.74) is 3.57. The molecule has 1 N–H and O–H groups in total. The third-order valence-corrected chi connectivity index (χ3v) is 5.83. The van der Waals surface area contributed by atoms with Gasteiger partial charge >= 0.3 is 0 Å². The standard InChI is InChI=1S/C21H28N2O4S/c1-6-16-9-8-10-17(7-2)20(16)22-21(24)15(3)27-19-13-11-18(12-14-19)23(4)28(5,25)26/h8-15H,6-7H2,1-5H3,(H,22,24). The second kappa shape index (κ2) is 9.10. The van der Waals surface area contributed by atoms with Gasteiger partial charge in [0.15, 0.2) is 6.10 Å². The van der Waals surface area contributed by atoms with Crippen molar-refractivity contribution in [2.75, 3.05) is 22.9 Å². The van der Waals surface area contributed by atoms with E-state index in [0.717, 1.165) is 35.9 Å². The van der Waals surface area contributed by atoms with Crippen LogP contribution in [0.15, 0.2) is 42.5 Å². The molecule has 0 aromatic heterocycles. The van der Waals surface area contributed by atoms with Crippen LogP contribution in [-0.2, 0) is 27.7 Å². The summed E-state index contributed by atoms with van der Waals surface area (Å²) in [5, 5.41) is 3.00. The van der Waals surface area contributed by atoms with Gasteiger partial charge in [-0.25, -0.2) is 8.42 Å². The number of hydrogen-bond acceptors (Lipinski definition) is 4. The van der Waals surface area contributed by atoms with Gasteiger partial charge in [-0.15, -0.1) is 0 Å². The molecule has 0 saturated carbocycles. The van der Waals surface area contributed by atoms with Gasteiger partial charge in [-0.05, 0) is 55.2 Å². The highest BCUT2D eigenvalue weighted by atomic mass is 32.2. The number of carbonyl (C=O) groups excluding carboxylic acids is 1. The number of carbonyl (C=O) groups is 1. The molecule has 6 nitrogen and oxygen atoms in total. The minimum atomic E-state index is -3.32. The SMILES string of the molecule is CCc1cccc(CC)c1NC(=O)C(C)Oc1ccc(N(C)S(C)(=O)=O)cc1. The Morgan fingerprint density at radius 1 is 1.07 bits per heavy atom. The lowest BCUT2D eigenvalue weighted by molar-refractivity contribution is -0.122. The van der Waals surface area contributed by atoms with Gasteiger partial charge in [-0.2, -0.15) is 0 Å². The predicted molar refractivity (Wildman–Crippen MR) is 114 cm³/mol. The van der Waals surface area contributed by atoms with E-state index in [-0.39, 0.29) is 5.91 Å². The lowest BCUT2D eigenvalue weighted by Crippen LogP contribution is -2.31. The maximum atomic E-state index is 12.6. The average molecular weight is 405 g/mol. The van der Waals surface area contributed by atoms with Crippen molar-refractivity contribution in [1.82, 2.24) is 0 Å². The van der Waals surface area contributed by atoms with E-state index in [0.29, 0.717) is 11.4 Å². The number of anilines is 2. The first-order valence-electron chi connectivity index (χ1n) is 9.29. The summed E-state index contributed by atoms with van der Waals surface area (Å²) in [5.74, 6) is 0.265. The highest BCUT2D eigenvalue weighted by molar-refractivity contribution is 7.92. The zero-order chi connectivity index (χ0) is 20.9. The van der Waals surface area contributed by atoms with E-state index in [4.69, 9.17) is 4.74 Å². The van der Waals surface area contributed by atoms with Crippen molar-refractivity contribution < 1.29 is 17.9 Å². The Kier molecular flexibility index (Phi) is 7.07. The van der Waals surface area contributed by atoms with Crippen LogP contribution in [0.2, 0.25) is 0 Å². The topological polar surface area (TPSA) is 75.7 Å². The van der Waals surface area contributed by atoms with Crippen LogP contribution in [0.3, 0.4) is 0 Å². The predicted octanol–water partition coefficient (Wildman–Crippen LogP) is 3.61. The van der Waals surface area contributed by atoms with Crippen molar-refractivity contribution in [3.8, 4) is 5.75 Å². The zero-order valence-electron chi connectivity index (χ0n) is 17.0. The zero-order valence-corrected chi connectivity index (χ0v) is 17.8. The Morgan fingerprint density at radius 2 is 1.61 bits per heavy atom. The van der Waals surface area contributed by atoms with Crippen molar-refractivity contribution in [2.24, 2.45) is 0 Å². The van der Waals surface area contributed by atoms with E-state index in [1.165, 1.54) is 11.4 Å². The third kappa shape index (κ3) is 5.25. The number of para-hydroxylation sites is 1. The van der Waals surface area contributed by atoms with Gasteiger partial charge in [0.05, 0.1) is 11.9 Å². The molecule has 7 heteroatoms. The Labute approximate surface area is 167 Å². The minimum Gasteiger partial charge on any atom is -0.481 e. The van der Waals surface area contributed by atoms with E-state index in [2.05, 4.69) is 19.2 Å². The summed E-state index contributed by atoms with van der Waals surface area (Å²) in [6.07, 6.45) is 2.10. The molecule has 0 aliphatic carbocycles. The summed E-state index contributed by atoms with van der Waals surface area (Å²) in [7, 11) is -1.84. The first-order chi connectivity index (χ1) is 13.2. The molecule has 2 aromatic carbocycles. The van der Waals surface area contributed by atoms with Crippen LogP contribution in [0.25, 0.3) is 0 Å². The highest BCUT2D eigenvalue weighted by Gasteiger charge is 2.18. The van der Waals surface area contributed by atoms with Gasteiger partial charge in [-0.1, -0.05) is 32.0 Å². The van der Waals surface area contributed by atoms with Crippen molar-refractivity contribution in [3.63, 3.8) is 0 Å². The van der Waals surface area contributed by atoms with Crippen LogP contribution < -0.4 is 14.4 Å². The van der Waals surface area contributed by atoms with Crippen LogP contribution in [0.4, 0.5) is 11.4 Å². The maximum absolute atomic E-state index is 12.6. The molecular weight excluding hydrogens is 376 g/mol. The number of hydrogen-bond donors (Lipinski definition) is 1. The molecule has 0 spiro atoms. The molecular formula is C21H28N2O4S. The third-order valence-electron chi connectivity index (χ3n) is 4.63. The fourth-order valence-corrected chi connectivity index (χ4v) is 3.32. The van der Waals surface area contributed by atoms with Gasteiger partial charge in [-0.3, -0.25) is 9.10 Å². The smallest absolute Gasteiger partial charge is 0.265 e. The van der Waals surface area contributed by atoms with Gasteiger partial charge in [0.25, 0.3) is 5.91 Å². The van der Waals surface area contributed by atoms with E-state index in [9.17, 15) is 13.2 Å². The molecule has 0 bridgehead atoms. The average Bonchev–Trinajstić information content (AvgIpc) is 2.67. The van der Waals surface area contributed by atoms with Crippen LogP contribution in [0.5, 0.6) is 5.75 Å². The van der Waals surface area contributed by atoms with Gasteiger partial charge in [0, 0.05) is 12.7 Å². The Hall–Kier alpha value is -2.54. The lowest BCUT2D eigenvalue weighted by Gasteiger charge is -2.19. The van der Waals surface area contributed by atoms with E-state index in [1.54, 1.807) is 31.2 Å². The second-order valence-corrected chi connectivity index (χ2v) is 8.65. The molecule has 0 saturated heterocycles. The van der Waals surface area contributed by atoms with Crippen molar-refractivity contribution in [2.45, 2.75) is 39.7 Å². The van der Waals surface area contributed by atoms with E-state index >= 15 is 0 Å². The maximum Gasteiger partial charge on any atom is 0.265 e. The van der Waals surface area contributed by atoms with Crippen LogP contribution >= 0.6 is 0 Å². The molecule has 0 radical (unpaired) electrons. The molecule has 1 amide bonds. The molecule has 0 fully saturated rings. The van der Waals surface area contributed by atoms with Crippen LogP contribution in [0, 0.1) is 0 Å². The Bertz CT molecular complexity index is 902. The molecule has 1 atom stereocenters. The Morgan fingerprint density at radius 3 is 2.07 bits per heavy atom. The van der Waals surface area contributed by atoms with Crippen molar-refractivity contribution >= 4 is 27.3 Å². The summed E-state index contributed by atoms with van der Waals surface area (Å²) < 4.78 is 30.1. The number of sulfonamides is 1. The van der Waals surface area contributed by atoms with Crippen molar-refractivity contribution in [3.05, 3.63) is 53.6 Å². The lowest BCUT2D eigenvalue weighted by atomic mass is 10.0. The largest absolute Gasteiger partial charge is 0.481 e. The fourth-order valence-electron chi connectivity index (χ4n) is 2.81. The molecule has 152 valence electrons. The van der Waals surface area contributed by atoms with E-state index < -0.39 is 16.1 Å². The van der Waals surface area contributed by atoms with E-state index in [1.807, 2.05) is 18.2 Å². The summed E-state index contributed by atoms with van der Waals surface area (Å²) in [6, 6.07) is 12.6. The molecule has 0 aliphatic rings. The minimum absolute atomic E-state index is 0.229. The quantitative estimate of drug-likeness (QED) is 0.729. The number of benzene rings is 2. The molecule has 28 heavy (non-hydrogen) atoms. The molecule has 1 unspecified atom stereocenters. The summed E-state index contributed by atoms with van der Waals surface area (Å²) in [4.78, 5) is 12.6. The number of nitrogens with zero attached hydrogens (tertiary/aromatic N) is 1.